The zero-order valence-corrected chi connectivity index (χ0v) is 12.1. The van der Waals surface area contributed by atoms with E-state index in [1.165, 1.54) is 0 Å². The fraction of sp³-hybridized carbons (Fsp3) is 0.857. The lowest BCUT2D eigenvalue weighted by Gasteiger charge is -2.34. The van der Waals surface area contributed by atoms with Gasteiger partial charge in [-0.25, -0.2) is 0 Å². The monoisotopic (exact) mass is 254 g/mol. The molecule has 0 atom stereocenters. The van der Waals surface area contributed by atoms with Crippen molar-refractivity contribution in [3.63, 3.8) is 0 Å². The van der Waals surface area contributed by atoms with Gasteiger partial charge in [0, 0.05) is 39.0 Å². The van der Waals surface area contributed by atoms with Gasteiger partial charge in [0.25, 0.3) is 0 Å². The Hall–Kier alpha value is -1.06. The topological polar surface area (TPSA) is 40.6 Å². The molecule has 4 heteroatoms. The van der Waals surface area contributed by atoms with E-state index in [1.807, 2.05) is 4.90 Å². The van der Waals surface area contributed by atoms with Gasteiger partial charge >= 0.3 is 0 Å². The van der Waals surface area contributed by atoms with Crippen LogP contribution >= 0.6 is 0 Å². The van der Waals surface area contributed by atoms with E-state index in [4.69, 9.17) is 0 Å². The van der Waals surface area contributed by atoms with Gasteiger partial charge in [-0.3, -0.25) is 9.59 Å². The maximum absolute atomic E-state index is 12.2. The lowest BCUT2D eigenvalue weighted by molar-refractivity contribution is -0.141. The fourth-order valence-corrected chi connectivity index (χ4v) is 2.61. The van der Waals surface area contributed by atoms with E-state index >= 15 is 0 Å². The number of hydrogen-bond donors (Lipinski definition) is 0. The van der Waals surface area contributed by atoms with Gasteiger partial charge in [-0.05, 0) is 25.7 Å². The van der Waals surface area contributed by atoms with Crippen LogP contribution in [-0.2, 0) is 9.59 Å². The quantitative estimate of drug-likeness (QED) is 0.767. The van der Waals surface area contributed by atoms with Crippen molar-refractivity contribution in [1.82, 2.24) is 9.80 Å². The molecule has 104 valence electrons. The van der Waals surface area contributed by atoms with Gasteiger partial charge in [-0.2, -0.15) is 0 Å². The van der Waals surface area contributed by atoms with Crippen molar-refractivity contribution in [3.8, 4) is 0 Å². The Morgan fingerprint density at radius 3 is 2.06 bits per heavy atom. The van der Waals surface area contributed by atoms with Crippen molar-refractivity contribution < 1.29 is 9.59 Å². The number of carbonyl (C=O) groups is 2. The molecule has 1 aliphatic rings. The predicted octanol–water partition coefficient (Wildman–Crippen LogP) is 1.75. The van der Waals surface area contributed by atoms with Gasteiger partial charge in [0.05, 0.1) is 0 Å². The Bertz CT molecular complexity index is 290. The molecule has 0 saturated carbocycles. The molecule has 2 amide bonds. The van der Waals surface area contributed by atoms with Gasteiger partial charge in [-0.1, -0.05) is 13.8 Å². The molecular formula is C14H26N2O2. The summed E-state index contributed by atoms with van der Waals surface area (Å²) in [4.78, 5) is 27.6. The summed E-state index contributed by atoms with van der Waals surface area (Å²) in [5, 5.41) is 0. The molecule has 0 aromatic rings. The van der Waals surface area contributed by atoms with E-state index in [-0.39, 0.29) is 23.7 Å². The van der Waals surface area contributed by atoms with Crippen LogP contribution in [0.3, 0.4) is 0 Å². The van der Waals surface area contributed by atoms with Crippen LogP contribution in [0.1, 0.15) is 39.5 Å². The first kappa shape index (κ1) is 15.0. The van der Waals surface area contributed by atoms with Gasteiger partial charge in [0.1, 0.15) is 0 Å². The van der Waals surface area contributed by atoms with E-state index in [0.29, 0.717) is 0 Å². The van der Waals surface area contributed by atoms with E-state index < -0.39 is 0 Å². The summed E-state index contributed by atoms with van der Waals surface area (Å²) < 4.78 is 0. The second kappa shape index (κ2) is 6.76. The molecule has 1 heterocycles. The van der Waals surface area contributed by atoms with Crippen LogP contribution < -0.4 is 0 Å². The van der Waals surface area contributed by atoms with Crippen molar-refractivity contribution in [2.24, 2.45) is 11.8 Å². The number of carbonyl (C=O) groups excluding carboxylic acids is 2. The predicted molar refractivity (Wildman–Crippen MR) is 72.1 cm³/mol. The van der Waals surface area contributed by atoms with E-state index in [2.05, 4.69) is 13.8 Å². The molecule has 1 saturated heterocycles. The van der Waals surface area contributed by atoms with Gasteiger partial charge < -0.3 is 9.80 Å². The molecule has 0 aliphatic carbocycles. The maximum atomic E-state index is 12.2. The van der Waals surface area contributed by atoms with Crippen LogP contribution in [0.25, 0.3) is 0 Å². The number of amides is 2. The van der Waals surface area contributed by atoms with Gasteiger partial charge in [-0.15, -0.1) is 0 Å². The summed E-state index contributed by atoms with van der Waals surface area (Å²) in [5.74, 6) is 0.734. The summed E-state index contributed by atoms with van der Waals surface area (Å²) in [5.41, 5.74) is 0. The first-order chi connectivity index (χ1) is 8.51. The molecular weight excluding hydrogens is 228 g/mol. The Kier molecular flexibility index (Phi) is 5.63. The lowest BCUT2D eigenvalue weighted by Crippen LogP contribution is -2.44. The Labute approximate surface area is 110 Å². The average Bonchev–Trinajstić information content (AvgIpc) is 2.39. The molecule has 18 heavy (non-hydrogen) atoms. The summed E-state index contributed by atoms with van der Waals surface area (Å²) in [6, 6.07) is 0. The van der Waals surface area contributed by atoms with Crippen LogP contribution in [-0.4, -0.2) is 48.8 Å². The first-order valence-corrected chi connectivity index (χ1v) is 7.01. The normalized spacial score (nSPS) is 17.1. The Morgan fingerprint density at radius 1 is 1.17 bits per heavy atom. The maximum Gasteiger partial charge on any atom is 0.225 e. The smallest absolute Gasteiger partial charge is 0.225 e. The van der Waals surface area contributed by atoms with Crippen LogP contribution in [0.5, 0.6) is 0 Å². The molecule has 1 rings (SSSR count). The van der Waals surface area contributed by atoms with Crippen LogP contribution in [0.2, 0.25) is 0 Å². The zero-order chi connectivity index (χ0) is 13.7. The number of hydrogen-bond acceptors (Lipinski definition) is 2. The molecule has 0 bridgehead atoms. The summed E-state index contributed by atoms with van der Waals surface area (Å²) in [6.07, 6.45) is 3.43. The van der Waals surface area contributed by atoms with Gasteiger partial charge in [0.2, 0.25) is 11.8 Å². The molecule has 0 radical (unpaired) electrons. The minimum absolute atomic E-state index is 0.103. The lowest BCUT2D eigenvalue weighted by atomic mass is 9.93. The van der Waals surface area contributed by atoms with Gasteiger partial charge in [0.15, 0.2) is 0 Å². The minimum Gasteiger partial charge on any atom is -0.349 e. The second-order valence-electron chi connectivity index (χ2n) is 5.35. The summed E-state index contributed by atoms with van der Waals surface area (Å²) in [6.45, 7) is 5.60. The van der Waals surface area contributed by atoms with Crippen LogP contribution in [0.15, 0.2) is 0 Å². The van der Waals surface area contributed by atoms with Crippen LogP contribution in [0.4, 0.5) is 0 Å². The third-order valence-electron chi connectivity index (χ3n) is 3.93. The molecule has 0 spiro atoms. The molecule has 4 nitrogen and oxygen atoms in total. The molecule has 1 fully saturated rings. The third kappa shape index (κ3) is 3.47. The molecule has 0 unspecified atom stereocenters. The molecule has 0 N–H and O–H groups in total. The third-order valence-corrected chi connectivity index (χ3v) is 3.93. The van der Waals surface area contributed by atoms with E-state index in [9.17, 15) is 9.59 Å². The minimum atomic E-state index is 0.103. The van der Waals surface area contributed by atoms with Crippen molar-refractivity contribution in [1.29, 1.82) is 0 Å². The SMILES string of the molecule is CCC(CC)C(=O)N1CCC(C(=O)N(C)C)CC1. The standard InChI is InChI=1S/C14H26N2O2/c1-5-11(6-2)14(18)16-9-7-12(8-10-16)13(17)15(3)4/h11-12H,5-10H2,1-4H3. The highest BCUT2D eigenvalue weighted by atomic mass is 16.2. The van der Waals surface area contributed by atoms with Crippen LogP contribution in [0, 0.1) is 11.8 Å². The van der Waals surface area contributed by atoms with E-state index in [0.717, 1.165) is 38.8 Å². The van der Waals surface area contributed by atoms with E-state index in [1.54, 1.807) is 19.0 Å². The largest absolute Gasteiger partial charge is 0.349 e. The zero-order valence-electron chi connectivity index (χ0n) is 12.1. The number of likely N-dealkylation sites (tertiary alicyclic amines) is 1. The summed E-state index contributed by atoms with van der Waals surface area (Å²) in [7, 11) is 3.59. The molecule has 0 aromatic heterocycles. The highest BCUT2D eigenvalue weighted by molar-refractivity contribution is 5.80. The first-order valence-electron chi connectivity index (χ1n) is 7.01. The van der Waals surface area contributed by atoms with Crippen molar-refractivity contribution in [3.05, 3.63) is 0 Å². The second-order valence-corrected chi connectivity index (χ2v) is 5.35. The number of rotatable bonds is 4. The highest BCUT2D eigenvalue weighted by Crippen LogP contribution is 2.22. The molecule has 1 aliphatic heterocycles. The fourth-order valence-electron chi connectivity index (χ4n) is 2.61. The Morgan fingerprint density at radius 2 is 1.67 bits per heavy atom. The van der Waals surface area contributed by atoms with Crippen molar-refractivity contribution >= 4 is 11.8 Å². The summed E-state index contributed by atoms with van der Waals surface area (Å²) >= 11 is 0. The Balaban J connectivity index is 2.49. The number of piperidine rings is 1. The average molecular weight is 254 g/mol. The van der Waals surface area contributed by atoms with Crippen molar-refractivity contribution in [2.75, 3.05) is 27.2 Å². The van der Waals surface area contributed by atoms with Crippen molar-refractivity contribution in [2.45, 2.75) is 39.5 Å². The number of nitrogens with zero attached hydrogens (tertiary/aromatic N) is 2. The molecule has 0 aromatic carbocycles. The highest BCUT2D eigenvalue weighted by Gasteiger charge is 2.30.